The van der Waals surface area contributed by atoms with Crippen molar-refractivity contribution in [2.45, 2.75) is 0 Å². The Bertz CT molecular complexity index is 4140. The quantitative estimate of drug-likeness (QED) is 0.107. The van der Waals surface area contributed by atoms with E-state index in [1.807, 2.05) is 48.7 Å². The molecule has 0 saturated carbocycles. The Kier molecular flexibility index (Phi) is 11.0. The first-order valence-electron chi connectivity index (χ1n) is 24.1. The molecule has 0 amide bonds. The van der Waals surface area contributed by atoms with Gasteiger partial charge in [0, 0.05) is 60.3 Å². The molecule has 0 fully saturated rings. The maximum absolute atomic E-state index is 6.60. The predicted octanol–water partition coefficient (Wildman–Crippen LogP) is 15.7. The Balaban J connectivity index is 0.00000516. The Morgan fingerprint density at radius 2 is 0.877 bits per heavy atom. The molecule has 0 aliphatic rings. The molecule has 6 nitrogen and oxygen atoms in total. The molecule has 10 aromatic carbocycles. The zero-order chi connectivity index (χ0) is 47.5. The molecule has 0 atom stereocenters. The second-order valence-corrected chi connectivity index (χ2v) is 17.9. The fourth-order valence-electron chi connectivity index (χ4n) is 10.5. The van der Waals surface area contributed by atoms with Crippen LogP contribution in [0.25, 0.3) is 111 Å². The third-order valence-corrected chi connectivity index (χ3v) is 13.8. The number of para-hydroxylation sites is 7. The minimum atomic E-state index is 0. The van der Waals surface area contributed by atoms with Gasteiger partial charge in [0.05, 0.1) is 44.5 Å². The molecule has 0 radical (unpaired) electrons. The van der Waals surface area contributed by atoms with Gasteiger partial charge in [0.1, 0.15) is 5.69 Å². The fourth-order valence-corrected chi connectivity index (χ4v) is 10.5. The van der Waals surface area contributed by atoms with Crippen LogP contribution < -0.4 is 9.30 Å². The van der Waals surface area contributed by atoms with Crippen LogP contribution in [0.1, 0.15) is 0 Å². The third kappa shape index (κ3) is 7.54. The second-order valence-electron chi connectivity index (χ2n) is 17.9. The fraction of sp³-hybridized carbons (Fsp3) is 0. The van der Waals surface area contributed by atoms with Crippen LogP contribution in [0, 0.1) is 18.5 Å². The van der Waals surface area contributed by atoms with E-state index >= 15 is 0 Å². The van der Waals surface area contributed by atoms with E-state index in [1.54, 1.807) is 0 Å². The standard InChI is InChI=1S/C66H41N5O.Pt/c1-2-17-45(18-3-1)46-35-37-47(38-36-46)48-39-40-67-57(42-48)49-19-14-21-51(41-49)72-52-22-15-20-50(43-52)68-44-69(63-32-13-12-31-62(63)68)66-64(70-58-27-8-4-23-53(58)54-24-5-9-28-59(54)70)33-16-34-65(66)71-60-29-10-6-25-55(60)56-26-7-11-30-61(56)71;/h1-40,42H;/q-2;. The van der Waals surface area contributed by atoms with Crippen molar-refractivity contribution in [3.63, 3.8) is 0 Å². The molecule has 348 valence electrons. The molecule has 0 saturated heterocycles. The minimum Gasteiger partial charge on any atom is -0.503 e. The SMILES string of the molecule is [Pt].[c-]1c(Oc2[c-]c(-n3[c-][n+](-c4c(-n5c6ccccc6c6ccccc65)cccc4-n4c5ccccc5c5ccccc54)c4ccccc43)ccc2)cccc1-c1cc(-c2ccc(-c3ccccc3)cc2)ccn1. The number of imidazole rings is 1. The molecule has 0 unspecified atom stereocenters. The van der Waals surface area contributed by atoms with Gasteiger partial charge in [0.25, 0.3) is 6.33 Å². The first-order valence-corrected chi connectivity index (χ1v) is 24.1. The molecular formula is C66H41N5OPt-2. The Labute approximate surface area is 436 Å². The Morgan fingerprint density at radius 3 is 1.48 bits per heavy atom. The maximum Gasteiger partial charge on any atom is 0.268 e. The van der Waals surface area contributed by atoms with Gasteiger partial charge in [-0.1, -0.05) is 170 Å². The van der Waals surface area contributed by atoms with Crippen molar-refractivity contribution in [2.75, 3.05) is 0 Å². The zero-order valence-electron chi connectivity index (χ0n) is 39.1. The second kappa shape index (κ2) is 18.3. The number of nitrogens with zero attached hydrogens (tertiary/aromatic N) is 5. The molecule has 0 aliphatic carbocycles. The van der Waals surface area contributed by atoms with E-state index in [1.165, 1.54) is 32.7 Å². The summed E-state index contributed by atoms with van der Waals surface area (Å²) in [6.07, 6.45) is 5.73. The molecule has 0 aliphatic heterocycles. The van der Waals surface area contributed by atoms with Gasteiger partial charge in [-0.05, 0) is 76.1 Å². The molecule has 14 aromatic rings. The number of ether oxygens (including phenoxy) is 1. The van der Waals surface area contributed by atoms with Gasteiger partial charge in [0.2, 0.25) is 0 Å². The van der Waals surface area contributed by atoms with Crippen molar-refractivity contribution in [1.82, 2.24) is 18.7 Å². The van der Waals surface area contributed by atoms with Gasteiger partial charge in [-0.15, -0.1) is 35.9 Å². The number of hydrogen-bond donors (Lipinski definition) is 0. The van der Waals surface area contributed by atoms with E-state index in [9.17, 15) is 0 Å². The summed E-state index contributed by atoms with van der Waals surface area (Å²) in [4.78, 5) is 4.76. The van der Waals surface area contributed by atoms with Crippen molar-refractivity contribution < 1.29 is 30.4 Å². The number of hydrogen-bond acceptors (Lipinski definition) is 2. The van der Waals surface area contributed by atoms with Crippen LogP contribution in [0.2, 0.25) is 0 Å². The molecule has 4 aromatic heterocycles. The number of rotatable bonds is 9. The van der Waals surface area contributed by atoms with Crippen LogP contribution in [-0.2, 0) is 21.1 Å². The third-order valence-electron chi connectivity index (χ3n) is 13.8. The van der Waals surface area contributed by atoms with Crippen molar-refractivity contribution in [3.8, 4) is 67.8 Å². The molecule has 14 rings (SSSR count). The van der Waals surface area contributed by atoms with Crippen LogP contribution in [0.4, 0.5) is 0 Å². The molecule has 4 heterocycles. The van der Waals surface area contributed by atoms with Crippen LogP contribution in [0.5, 0.6) is 11.5 Å². The van der Waals surface area contributed by atoms with Gasteiger partial charge in [-0.2, -0.15) is 12.1 Å². The number of aromatic nitrogens is 5. The first kappa shape index (κ1) is 43.9. The van der Waals surface area contributed by atoms with Crippen LogP contribution in [0.15, 0.2) is 249 Å². The van der Waals surface area contributed by atoms with Gasteiger partial charge < -0.3 is 23.4 Å². The van der Waals surface area contributed by atoms with E-state index in [0.717, 1.165) is 78.2 Å². The molecule has 0 bridgehead atoms. The molecular weight excluding hydrogens is 1070 g/mol. The Hall–Kier alpha value is -9.09. The summed E-state index contributed by atoms with van der Waals surface area (Å²) in [6, 6.07) is 92.1. The van der Waals surface area contributed by atoms with Crippen molar-refractivity contribution in [3.05, 3.63) is 267 Å². The van der Waals surface area contributed by atoms with Gasteiger partial charge in [-0.3, -0.25) is 4.57 Å². The molecule has 0 spiro atoms. The van der Waals surface area contributed by atoms with E-state index < -0.39 is 0 Å². The smallest absolute Gasteiger partial charge is 0.268 e. The van der Waals surface area contributed by atoms with Gasteiger partial charge >= 0.3 is 0 Å². The van der Waals surface area contributed by atoms with Gasteiger partial charge in [-0.25, -0.2) is 0 Å². The number of benzene rings is 10. The van der Waals surface area contributed by atoms with E-state index in [0.29, 0.717) is 11.5 Å². The van der Waals surface area contributed by atoms with E-state index in [-0.39, 0.29) is 21.1 Å². The Morgan fingerprint density at radius 1 is 0.397 bits per heavy atom. The van der Waals surface area contributed by atoms with E-state index in [4.69, 9.17) is 9.72 Å². The van der Waals surface area contributed by atoms with Crippen LogP contribution >= 0.6 is 0 Å². The van der Waals surface area contributed by atoms with Crippen LogP contribution in [-0.4, -0.2) is 18.7 Å². The summed E-state index contributed by atoms with van der Waals surface area (Å²) in [7, 11) is 0. The average molecular weight is 1120 g/mol. The van der Waals surface area contributed by atoms with Crippen molar-refractivity contribution in [1.29, 1.82) is 0 Å². The minimum absolute atomic E-state index is 0. The number of pyridine rings is 1. The van der Waals surface area contributed by atoms with Crippen molar-refractivity contribution >= 4 is 54.6 Å². The largest absolute Gasteiger partial charge is 0.503 e. The predicted molar refractivity (Wildman–Crippen MR) is 291 cm³/mol. The molecule has 73 heavy (non-hydrogen) atoms. The topological polar surface area (TPSA) is 40.8 Å². The maximum atomic E-state index is 6.60. The summed E-state index contributed by atoms with van der Waals surface area (Å²) >= 11 is 0. The summed E-state index contributed by atoms with van der Waals surface area (Å²) in [5.41, 5.74) is 16.5. The number of fused-ring (bicyclic) bond motifs is 7. The summed E-state index contributed by atoms with van der Waals surface area (Å²) < 4.78 is 15.7. The normalized spacial score (nSPS) is 11.5. The summed E-state index contributed by atoms with van der Waals surface area (Å²) in [6.45, 7) is 0. The molecule has 7 heteroatoms. The monoisotopic (exact) mass is 1110 g/mol. The van der Waals surface area contributed by atoms with Crippen molar-refractivity contribution in [2.24, 2.45) is 0 Å². The average Bonchev–Trinajstić information content (AvgIpc) is 4.12. The van der Waals surface area contributed by atoms with Crippen LogP contribution in [0.3, 0.4) is 0 Å². The van der Waals surface area contributed by atoms with Gasteiger partial charge in [0.15, 0.2) is 0 Å². The molecule has 0 N–H and O–H groups in total. The summed E-state index contributed by atoms with van der Waals surface area (Å²) in [5.74, 6) is 1.11. The summed E-state index contributed by atoms with van der Waals surface area (Å²) in [5, 5.41) is 4.78. The first-order chi connectivity index (χ1) is 35.7. The van der Waals surface area contributed by atoms with E-state index in [2.05, 4.69) is 237 Å². The zero-order valence-corrected chi connectivity index (χ0v) is 41.4.